The van der Waals surface area contributed by atoms with Crippen LogP contribution in [0.3, 0.4) is 0 Å². The van der Waals surface area contributed by atoms with Crippen molar-refractivity contribution >= 4 is 28.5 Å². The first kappa shape index (κ1) is 20.9. The summed E-state index contributed by atoms with van der Waals surface area (Å²) < 4.78 is 13.2. The Hall–Kier alpha value is -3.35. The molecule has 1 aromatic heterocycles. The van der Waals surface area contributed by atoms with Crippen molar-refractivity contribution in [3.8, 4) is 0 Å². The Morgan fingerprint density at radius 3 is 2.87 bits per heavy atom. The lowest BCUT2D eigenvalue weighted by Gasteiger charge is -2.33. The van der Waals surface area contributed by atoms with Crippen LogP contribution in [-0.2, 0) is 4.79 Å². The number of carbonyl (C=O) groups excluding carboxylic acids is 2. The van der Waals surface area contributed by atoms with Crippen molar-refractivity contribution in [3.63, 3.8) is 0 Å². The highest BCUT2D eigenvalue weighted by Crippen LogP contribution is 2.25. The minimum absolute atomic E-state index is 0.0396. The molecule has 1 fully saturated rings. The summed E-state index contributed by atoms with van der Waals surface area (Å²) in [5, 5.41) is 2.86. The van der Waals surface area contributed by atoms with Gasteiger partial charge in [-0.2, -0.15) is 0 Å². The third kappa shape index (κ3) is 4.87. The van der Waals surface area contributed by atoms with E-state index < -0.39 is 0 Å². The van der Waals surface area contributed by atoms with Crippen LogP contribution in [0.2, 0.25) is 0 Å². The number of aromatic nitrogens is 2. The highest BCUT2D eigenvalue weighted by atomic mass is 19.1. The lowest BCUT2D eigenvalue weighted by molar-refractivity contribution is -0.116. The zero-order valence-electron chi connectivity index (χ0n) is 17.5. The van der Waals surface area contributed by atoms with Crippen LogP contribution in [0.15, 0.2) is 48.8 Å². The second-order valence-corrected chi connectivity index (χ2v) is 8.04. The maximum Gasteiger partial charge on any atom is 0.256 e. The Labute approximate surface area is 180 Å². The van der Waals surface area contributed by atoms with Crippen LogP contribution < -0.4 is 5.32 Å². The van der Waals surface area contributed by atoms with Crippen LogP contribution in [0.1, 0.15) is 41.6 Å². The predicted octanol–water partition coefficient (Wildman–Crippen LogP) is 4.35. The fourth-order valence-electron chi connectivity index (χ4n) is 4.14. The van der Waals surface area contributed by atoms with Crippen molar-refractivity contribution in [2.24, 2.45) is 5.92 Å². The van der Waals surface area contributed by atoms with Gasteiger partial charge in [0, 0.05) is 37.6 Å². The number of likely N-dealkylation sites (tertiary alicyclic amines) is 1. The summed E-state index contributed by atoms with van der Waals surface area (Å²) in [5.74, 6) is -0.192. The van der Waals surface area contributed by atoms with Crippen LogP contribution in [0.5, 0.6) is 0 Å². The topological polar surface area (TPSA) is 75.2 Å². The molecule has 4 rings (SSSR count). The summed E-state index contributed by atoms with van der Waals surface area (Å²) >= 11 is 0. The Morgan fingerprint density at radius 1 is 1.19 bits per heavy atom. The predicted molar refractivity (Wildman–Crippen MR) is 117 cm³/mol. The number of piperidine rings is 1. The average molecular weight is 420 g/mol. The lowest BCUT2D eigenvalue weighted by atomic mass is 9.92. The van der Waals surface area contributed by atoms with Gasteiger partial charge in [-0.3, -0.25) is 19.6 Å². The first-order valence-electron chi connectivity index (χ1n) is 10.6. The molecule has 2 aromatic carbocycles. The Morgan fingerprint density at radius 2 is 2.03 bits per heavy atom. The number of para-hydroxylation sites is 1. The molecule has 2 amide bonds. The second kappa shape index (κ2) is 9.20. The van der Waals surface area contributed by atoms with Crippen LogP contribution >= 0.6 is 0 Å². The minimum Gasteiger partial charge on any atom is -0.338 e. The summed E-state index contributed by atoms with van der Waals surface area (Å²) in [6, 6.07) is 9.79. The van der Waals surface area contributed by atoms with E-state index in [1.165, 1.54) is 12.1 Å². The van der Waals surface area contributed by atoms with E-state index in [2.05, 4.69) is 15.3 Å². The van der Waals surface area contributed by atoms with Gasteiger partial charge < -0.3 is 10.2 Å². The quantitative estimate of drug-likeness (QED) is 0.666. The van der Waals surface area contributed by atoms with Crippen molar-refractivity contribution in [3.05, 3.63) is 65.7 Å². The van der Waals surface area contributed by atoms with Crippen molar-refractivity contribution < 1.29 is 14.0 Å². The van der Waals surface area contributed by atoms with Gasteiger partial charge in [-0.25, -0.2) is 4.39 Å². The van der Waals surface area contributed by atoms with Crippen molar-refractivity contribution in [2.45, 2.75) is 32.6 Å². The van der Waals surface area contributed by atoms with Crippen LogP contribution in [0, 0.1) is 18.7 Å². The smallest absolute Gasteiger partial charge is 0.256 e. The average Bonchev–Trinajstić information content (AvgIpc) is 2.79. The molecular weight excluding hydrogens is 395 g/mol. The first-order valence-corrected chi connectivity index (χ1v) is 10.6. The number of amides is 2. The number of hydrogen-bond donors (Lipinski definition) is 1. The van der Waals surface area contributed by atoms with E-state index in [0.717, 1.165) is 12.8 Å². The minimum atomic E-state index is -0.320. The van der Waals surface area contributed by atoms with E-state index in [9.17, 15) is 14.0 Å². The Balaban J connectivity index is 1.36. The number of rotatable bonds is 5. The molecule has 6 nitrogen and oxygen atoms in total. The number of halogens is 1. The number of fused-ring (bicyclic) bond motifs is 1. The molecule has 7 heteroatoms. The molecule has 2 heterocycles. The Kier molecular flexibility index (Phi) is 6.21. The van der Waals surface area contributed by atoms with E-state index in [1.807, 2.05) is 17.0 Å². The zero-order valence-corrected chi connectivity index (χ0v) is 17.5. The summed E-state index contributed by atoms with van der Waals surface area (Å²) in [4.78, 5) is 36.0. The van der Waals surface area contributed by atoms with Crippen molar-refractivity contribution in [1.29, 1.82) is 0 Å². The monoisotopic (exact) mass is 420 g/mol. The number of benzene rings is 2. The van der Waals surface area contributed by atoms with E-state index in [1.54, 1.807) is 31.5 Å². The van der Waals surface area contributed by atoms with Gasteiger partial charge >= 0.3 is 0 Å². The number of nitrogens with one attached hydrogen (secondary N) is 1. The molecule has 1 saturated heterocycles. The summed E-state index contributed by atoms with van der Waals surface area (Å²) in [7, 11) is 0. The Bertz CT molecular complexity index is 1110. The molecule has 0 spiro atoms. The van der Waals surface area contributed by atoms with Gasteiger partial charge in [0.05, 0.1) is 11.1 Å². The van der Waals surface area contributed by atoms with Crippen molar-refractivity contribution in [2.75, 3.05) is 18.4 Å². The molecule has 31 heavy (non-hydrogen) atoms. The van der Waals surface area contributed by atoms with Crippen LogP contribution in [0.25, 0.3) is 11.0 Å². The molecule has 1 unspecified atom stereocenters. The summed E-state index contributed by atoms with van der Waals surface area (Å²) in [6.45, 7) is 3.09. The third-order valence-corrected chi connectivity index (χ3v) is 5.78. The maximum atomic E-state index is 13.2. The SMILES string of the molecule is Cc1cc(F)ccc1NC(=O)CCC1CCCN(C(=O)c2cccc3nccnc23)C1. The first-order chi connectivity index (χ1) is 15.0. The molecule has 0 aliphatic carbocycles. The molecule has 0 saturated carbocycles. The zero-order chi connectivity index (χ0) is 21.8. The molecule has 1 atom stereocenters. The number of nitrogens with zero attached hydrogens (tertiary/aromatic N) is 3. The third-order valence-electron chi connectivity index (χ3n) is 5.78. The number of carbonyl (C=O) groups is 2. The molecular formula is C24H25FN4O2. The fraction of sp³-hybridized carbons (Fsp3) is 0.333. The second-order valence-electron chi connectivity index (χ2n) is 8.04. The number of anilines is 1. The van der Waals surface area contributed by atoms with Crippen LogP contribution in [-0.4, -0.2) is 39.8 Å². The van der Waals surface area contributed by atoms with Gasteiger partial charge in [0.2, 0.25) is 5.91 Å². The highest BCUT2D eigenvalue weighted by Gasteiger charge is 2.26. The van der Waals surface area contributed by atoms with E-state index in [0.29, 0.717) is 53.8 Å². The van der Waals surface area contributed by atoms with Gasteiger partial charge in [-0.1, -0.05) is 6.07 Å². The standard InChI is InChI=1S/C24H25FN4O2/c1-16-14-18(25)8-9-20(16)28-22(30)10-7-17-4-3-13-29(15-17)24(31)19-5-2-6-21-23(19)27-12-11-26-21/h2,5-6,8-9,11-12,14,17H,3-4,7,10,13,15H2,1H3,(H,28,30). The van der Waals surface area contributed by atoms with Gasteiger partial charge in [-0.05, 0) is 68.0 Å². The number of hydrogen-bond acceptors (Lipinski definition) is 4. The van der Waals surface area contributed by atoms with Gasteiger partial charge in [-0.15, -0.1) is 0 Å². The fourth-order valence-corrected chi connectivity index (χ4v) is 4.14. The van der Waals surface area contributed by atoms with E-state index >= 15 is 0 Å². The van der Waals surface area contributed by atoms with Crippen LogP contribution in [0.4, 0.5) is 10.1 Å². The molecule has 1 N–H and O–H groups in total. The van der Waals surface area contributed by atoms with Gasteiger partial charge in [0.15, 0.2) is 0 Å². The molecule has 0 bridgehead atoms. The lowest BCUT2D eigenvalue weighted by Crippen LogP contribution is -2.40. The summed E-state index contributed by atoms with van der Waals surface area (Å²) in [5.41, 5.74) is 3.21. The maximum absolute atomic E-state index is 13.2. The van der Waals surface area contributed by atoms with Gasteiger partial charge in [0.25, 0.3) is 5.91 Å². The molecule has 160 valence electrons. The summed E-state index contributed by atoms with van der Waals surface area (Å²) in [6.07, 6.45) is 6.17. The van der Waals surface area contributed by atoms with E-state index in [-0.39, 0.29) is 23.5 Å². The van der Waals surface area contributed by atoms with E-state index in [4.69, 9.17) is 0 Å². The largest absolute Gasteiger partial charge is 0.338 e. The molecule has 0 radical (unpaired) electrons. The molecule has 1 aliphatic rings. The van der Waals surface area contributed by atoms with Crippen molar-refractivity contribution in [1.82, 2.24) is 14.9 Å². The number of aryl methyl sites for hydroxylation is 1. The molecule has 3 aromatic rings. The van der Waals surface area contributed by atoms with Gasteiger partial charge in [0.1, 0.15) is 11.3 Å². The molecule has 1 aliphatic heterocycles. The highest BCUT2D eigenvalue weighted by molar-refractivity contribution is 6.04. The normalized spacial score (nSPS) is 16.3.